The number of fused-ring (bicyclic) bond motifs is 1. The molecule has 7 heteroatoms. The van der Waals surface area contributed by atoms with Crippen molar-refractivity contribution in [1.82, 2.24) is 9.97 Å². The summed E-state index contributed by atoms with van der Waals surface area (Å²) < 4.78 is 5.53. The number of aromatic nitrogens is 2. The Balaban J connectivity index is 2.00. The number of carbonyl (C=O) groups is 1. The molecular formula is C17H14N4O2S. The summed E-state index contributed by atoms with van der Waals surface area (Å²) in [6, 6.07) is 8.95. The van der Waals surface area contributed by atoms with Crippen molar-refractivity contribution in [2.24, 2.45) is 0 Å². The first-order valence-electron chi connectivity index (χ1n) is 7.33. The third-order valence-electron chi connectivity index (χ3n) is 3.48. The first-order valence-corrected chi connectivity index (χ1v) is 8.14. The first-order chi connectivity index (χ1) is 11.7. The lowest BCUT2D eigenvalue weighted by atomic mass is 10.1. The van der Waals surface area contributed by atoms with E-state index >= 15 is 0 Å². The van der Waals surface area contributed by atoms with E-state index in [2.05, 4.69) is 21.4 Å². The van der Waals surface area contributed by atoms with Gasteiger partial charge in [0, 0.05) is 0 Å². The Bertz CT molecular complexity index is 959. The quantitative estimate of drug-likeness (QED) is 0.786. The van der Waals surface area contributed by atoms with Gasteiger partial charge in [0.2, 0.25) is 5.88 Å². The zero-order valence-electron chi connectivity index (χ0n) is 13.2. The SMILES string of the molecule is CCOc1ncnc2sc(C(=O)Nc3ccccc3C#N)c(C)c12. The van der Waals surface area contributed by atoms with Crippen molar-refractivity contribution in [3.8, 4) is 11.9 Å². The lowest BCUT2D eigenvalue weighted by Crippen LogP contribution is -2.12. The van der Waals surface area contributed by atoms with Gasteiger partial charge in [-0.25, -0.2) is 9.97 Å². The molecule has 120 valence electrons. The number of rotatable bonds is 4. The van der Waals surface area contributed by atoms with Gasteiger partial charge in [-0.15, -0.1) is 11.3 Å². The Morgan fingerprint density at radius 2 is 2.17 bits per heavy atom. The van der Waals surface area contributed by atoms with Gasteiger partial charge in [0.05, 0.1) is 28.1 Å². The van der Waals surface area contributed by atoms with Gasteiger partial charge < -0.3 is 10.1 Å². The Labute approximate surface area is 142 Å². The van der Waals surface area contributed by atoms with Gasteiger partial charge in [-0.1, -0.05) is 12.1 Å². The molecule has 6 nitrogen and oxygen atoms in total. The maximum Gasteiger partial charge on any atom is 0.266 e. The molecule has 0 saturated heterocycles. The second-order valence-corrected chi connectivity index (χ2v) is 5.96. The van der Waals surface area contributed by atoms with Crippen LogP contribution in [-0.4, -0.2) is 22.5 Å². The molecule has 0 bridgehead atoms. The van der Waals surface area contributed by atoms with Crippen LogP contribution < -0.4 is 10.1 Å². The van der Waals surface area contributed by atoms with Crippen molar-refractivity contribution >= 4 is 33.1 Å². The van der Waals surface area contributed by atoms with Crippen LogP contribution in [0.5, 0.6) is 5.88 Å². The number of nitriles is 1. The number of nitrogens with zero attached hydrogens (tertiary/aromatic N) is 3. The first kappa shape index (κ1) is 15.9. The highest BCUT2D eigenvalue weighted by Crippen LogP contribution is 2.34. The normalized spacial score (nSPS) is 10.4. The fourth-order valence-corrected chi connectivity index (χ4v) is 3.41. The summed E-state index contributed by atoms with van der Waals surface area (Å²) >= 11 is 1.28. The van der Waals surface area contributed by atoms with Gasteiger partial charge in [0.15, 0.2) is 0 Å². The van der Waals surface area contributed by atoms with Crippen molar-refractivity contribution in [2.75, 3.05) is 11.9 Å². The molecule has 0 aliphatic heterocycles. The summed E-state index contributed by atoms with van der Waals surface area (Å²) in [6.45, 7) is 4.20. The number of amides is 1. The molecule has 3 rings (SSSR count). The van der Waals surface area contributed by atoms with E-state index in [1.54, 1.807) is 24.3 Å². The van der Waals surface area contributed by atoms with Crippen molar-refractivity contribution in [3.63, 3.8) is 0 Å². The van der Waals surface area contributed by atoms with E-state index in [4.69, 9.17) is 10.00 Å². The summed E-state index contributed by atoms with van der Waals surface area (Å²) in [7, 11) is 0. The van der Waals surface area contributed by atoms with Crippen LogP contribution in [0.15, 0.2) is 30.6 Å². The minimum atomic E-state index is -0.277. The largest absolute Gasteiger partial charge is 0.477 e. The van der Waals surface area contributed by atoms with Gasteiger partial charge in [-0.2, -0.15) is 5.26 Å². The van der Waals surface area contributed by atoms with Crippen LogP contribution in [0.3, 0.4) is 0 Å². The highest BCUT2D eigenvalue weighted by molar-refractivity contribution is 7.20. The molecule has 0 radical (unpaired) electrons. The molecule has 2 aromatic heterocycles. The van der Waals surface area contributed by atoms with Crippen LogP contribution in [0.25, 0.3) is 10.2 Å². The number of carbonyl (C=O) groups excluding carboxylic acids is 1. The molecule has 24 heavy (non-hydrogen) atoms. The van der Waals surface area contributed by atoms with Gasteiger partial charge in [-0.3, -0.25) is 4.79 Å². The molecule has 0 spiro atoms. The zero-order valence-corrected chi connectivity index (χ0v) is 14.0. The number of ether oxygens (including phenoxy) is 1. The smallest absolute Gasteiger partial charge is 0.266 e. The molecule has 0 fully saturated rings. The molecule has 0 aliphatic carbocycles. The fourth-order valence-electron chi connectivity index (χ4n) is 2.37. The van der Waals surface area contributed by atoms with Gasteiger partial charge in [0.25, 0.3) is 5.91 Å². The highest BCUT2D eigenvalue weighted by Gasteiger charge is 2.20. The number of anilines is 1. The van der Waals surface area contributed by atoms with Crippen molar-refractivity contribution in [2.45, 2.75) is 13.8 Å². The van der Waals surface area contributed by atoms with E-state index in [1.807, 2.05) is 13.8 Å². The number of benzene rings is 1. The van der Waals surface area contributed by atoms with Gasteiger partial charge >= 0.3 is 0 Å². The third-order valence-corrected chi connectivity index (χ3v) is 4.67. The third kappa shape index (κ3) is 2.79. The van der Waals surface area contributed by atoms with Crippen LogP contribution in [0, 0.1) is 18.3 Å². The number of hydrogen-bond acceptors (Lipinski definition) is 6. The molecule has 0 aliphatic rings. The Morgan fingerprint density at radius 3 is 2.92 bits per heavy atom. The molecule has 0 saturated carbocycles. The van der Waals surface area contributed by atoms with Crippen LogP contribution in [0.4, 0.5) is 5.69 Å². The monoisotopic (exact) mass is 338 g/mol. The van der Waals surface area contributed by atoms with E-state index in [9.17, 15) is 4.79 Å². The number of aryl methyl sites for hydroxylation is 1. The topological polar surface area (TPSA) is 87.9 Å². The van der Waals surface area contributed by atoms with E-state index in [0.29, 0.717) is 33.4 Å². The van der Waals surface area contributed by atoms with E-state index in [0.717, 1.165) is 10.9 Å². The predicted molar refractivity (Wildman–Crippen MR) is 92.4 cm³/mol. The summed E-state index contributed by atoms with van der Waals surface area (Å²) in [5.41, 5.74) is 1.67. The summed E-state index contributed by atoms with van der Waals surface area (Å²) in [5, 5.41) is 12.7. The average Bonchev–Trinajstić information content (AvgIpc) is 2.94. The van der Waals surface area contributed by atoms with Gasteiger partial charge in [-0.05, 0) is 31.5 Å². The van der Waals surface area contributed by atoms with E-state index in [1.165, 1.54) is 17.7 Å². The number of hydrogen-bond donors (Lipinski definition) is 1. The summed E-state index contributed by atoms with van der Waals surface area (Å²) in [4.78, 5) is 22.2. The minimum absolute atomic E-state index is 0.277. The lowest BCUT2D eigenvalue weighted by Gasteiger charge is -2.06. The number of nitrogens with one attached hydrogen (secondary N) is 1. The summed E-state index contributed by atoms with van der Waals surface area (Å²) in [5.74, 6) is 0.202. The van der Waals surface area contributed by atoms with Crippen LogP contribution in [-0.2, 0) is 0 Å². The highest BCUT2D eigenvalue weighted by atomic mass is 32.1. The average molecular weight is 338 g/mol. The standard InChI is InChI=1S/C17H14N4O2S/c1-3-23-16-13-10(2)14(24-17(13)20-9-19-16)15(22)21-12-7-5-4-6-11(12)8-18/h4-7,9H,3H2,1-2H3,(H,21,22). The number of thiophene rings is 1. The molecule has 2 heterocycles. The summed E-state index contributed by atoms with van der Waals surface area (Å²) in [6.07, 6.45) is 1.43. The van der Waals surface area contributed by atoms with Crippen molar-refractivity contribution in [3.05, 3.63) is 46.6 Å². The minimum Gasteiger partial charge on any atom is -0.477 e. The fraction of sp³-hybridized carbons (Fsp3) is 0.176. The second kappa shape index (κ2) is 6.64. The predicted octanol–water partition coefficient (Wildman–Crippen LogP) is 3.52. The van der Waals surface area contributed by atoms with Gasteiger partial charge in [0.1, 0.15) is 17.2 Å². The number of para-hydroxylation sites is 1. The molecule has 3 aromatic rings. The Kier molecular flexibility index (Phi) is 4.40. The Morgan fingerprint density at radius 1 is 1.38 bits per heavy atom. The Hall–Kier alpha value is -2.98. The van der Waals surface area contributed by atoms with Crippen molar-refractivity contribution in [1.29, 1.82) is 5.26 Å². The molecule has 1 amide bonds. The van der Waals surface area contributed by atoms with Crippen LogP contribution >= 0.6 is 11.3 Å². The van der Waals surface area contributed by atoms with Crippen LogP contribution in [0.1, 0.15) is 27.7 Å². The maximum atomic E-state index is 12.6. The molecular weight excluding hydrogens is 324 g/mol. The second-order valence-electron chi connectivity index (χ2n) is 4.96. The van der Waals surface area contributed by atoms with E-state index in [-0.39, 0.29) is 5.91 Å². The zero-order chi connectivity index (χ0) is 17.1. The molecule has 1 aromatic carbocycles. The van der Waals surface area contributed by atoms with Crippen LogP contribution in [0.2, 0.25) is 0 Å². The molecule has 0 atom stereocenters. The van der Waals surface area contributed by atoms with E-state index < -0.39 is 0 Å². The maximum absolute atomic E-state index is 12.6. The lowest BCUT2D eigenvalue weighted by molar-refractivity contribution is 0.103. The molecule has 0 unspecified atom stereocenters. The molecule has 1 N–H and O–H groups in total. The van der Waals surface area contributed by atoms with Crippen molar-refractivity contribution < 1.29 is 9.53 Å².